The minimum atomic E-state index is -0.226. The minimum Gasteiger partial charge on any atom is -0.375 e. The van der Waals surface area contributed by atoms with E-state index in [2.05, 4.69) is 18.3 Å². The highest BCUT2D eigenvalue weighted by Crippen LogP contribution is 2.53. The molecule has 0 bridgehead atoms. The molecule has 116 valence electrons. The molecule has 2 aromatic rings. The van der Waals surface area contributed by atoms with Gasteiger partial charge in [-0.05, 0) is 49.2 Å². The predicted octanol–water partition coefficient (Wildman–Crippen LogP) is 4.63. The maximum absolute atomic E-state index is 9.01. The Morgan fingerprint density at radius 1 is 1.26 bits per heavy atom. The van der Waals surface area contributed by atoms with Gasteiger partial charge < -0.3 is 10.1 Å². The van der Waals surface area contributed by atoms with Gasteiger partial charge in [-0.25, -0.2) is 0 Å². The van der Waals surface area contributed by atoms with Crippen LogP contribution in [0.1, 0.15) is 36.1 Å². The summed E-state index contributed by atoms with van der Waals surface area (Å²) in [6, 6.07) is 16.0. The lowest BCUT2D eigenvalue weighted by Gasteiger charge is -2.45. The first kappa shape index (κ1) is 14.6. The van der Waals surface area contributed by atoms with Crippen LogP contribution in [-0.2, 0) is 10.3 Å². The molecule has 23 heavy (non-hydrogen) atoms. The number of ether oxygens (including phenoxy) is 1. The highest BCUT2D eigenvalue weighted by Gasteiger charge is 2.48. The van der Waals surface area contributed by atoms with Gasteiger partial charge in [-0.15, -0.1) is 0 Å². The molecule has 1 fully saturated rings. The van der Waals surface area contributed by atoms with E-state index in [0.717, 1.165) is 29.3 Å². The third-order valence-electron chi connectivity index (χ3n) is 5.16. The van der Waals surface area contributed by atoms with Gasteiger partial charge in [0, 0.05) is 28.8 Å². The molecule has 1 saturated heterocycles. The van der Waals surface area contributed by atoms with Gasteiger partial charge in [-0.3, -0.25) is 0 Å². The monoisotopic (exact) mass is 324 g/mol. The molecule has 0 spiro atoms. The highest BCUT2D eigenvalue weighted by atomic mass is 35.5. The molecule has 2 aliphatic rings. The molecule has 0 radical (unpaired) electrons. The van der Waals surface area contributed by atoms with Crippen molar-refractivity contribution in [2.75, 3.05) is 11.9 Å². The van der Waals surface area contributed by atoms with E-state index >= 15 is 0 Å². The molecule has 4 rings (SSSR count). The lowest BCUT2D eigenvalue weighted by molar-refractivity contribution is 0.0686. The third-order valence-corrected chi connectivity index (χ3v) is 5.40. The molecule has 2 heterocycles. The van der Waals surface area contributed by atoms with Gasteiger partial charge in [-0.2, -0.15) is 5.26 Å². The topological polar surface area (TPSA) is 45.0 Å². The zero-order chi connectivity index (χ0) is 16.0. The van der Waals surface area contributed by atoms with E-state index in [1.54, 1.807) is 0 Å². The Balaban J connectivity index is 1.82. The number of rotatable bonds is 1. The van der Waals surface area contributed by atoms with Crippen LogP contribution in [0, 0.1) is 17.2 Å². The van der Waals surface area contributed by atoms with Crippen molar-refractivity contribution in [2.45, 2.75) is 25.0 Å². The van der Waals surface area contributed by atoms with E-state index in [-0.39, 0.29) is 11.6 Å². The van der Waals surface area contributed by atoms with Crippen LogP contribution in [0.5, 0.6) is 0 Å². The molecule has 4 heteroatoms. The fraction of sp³-hybridized carbons (Fsp3) is 0.316. The average Bonchev–Trinajstić information content (AvgIpc) is 3.07. The first-order valence-corrected chi connectivity index (χ1v) is 8.19. The number of halogens is 1. The average molecular weight is 325 g/mol. The van der Waals surface area contributed by atoms with Crippen molar-refractivity contribution in [1.82, 2.24) is 0 Å². The fourth-order valence-electron chi connectivity index (χ4n) is 3.92. The fourth-order valence-corrected chi connectivity index (χ4v) is 4.10. The van der Waals surface area contributed by atoms with Gasteiger partial charge in [0.05, 0.1) is 23.3 Å². The molecule has 3 nitrogen and oxygen atoms in total. The maximum Gasteiger partial charge on any atom is 0.0991 e. The summed E-state index contributed by atoms with van der Waals surface area (Å²) in [4.78, 5) is 0. The second-order valence-corrected chi connectivity index (χ2v) is 6.87. The zero-order valence-electron chi connectivity index (χ0n) is 12.8. The van der Waals surface area contributed by atoms with Gasteiger partial charge in [0.2, 0.25) is 0 Å². The Kier molecular flexibility index (Phi) is 3.33. The largest absolute Gasteiger partial charge is 0.375 e. The summed E-state index contributed by atoms with van der Waals surface area (Å²) in [5, 5.41) is 13.5. The molecule has 2 aromatic carbocycles. The first-order chi connectivity index (χ1) is 11.1. The van der Waals surface area contributed by atoms with Crippen molar-refractivity contribution in [3.8, 4) is 6.07 Å². The lowest BCUT2D eigenvalue weighted by Crippen LogP contribution is -2.44. The molecule has 3 atom stereocenters. The van der Waals surface area contributed by atoms with Gasteiger partial charge in [0.15, 0.2) is 0 Å². The zero-order valence-corrected chi connectivity index (χ0v) is 13.6. The Bertz CT molecular complexity index is 796. The summed E-state index contributed by atoms with van der Waals surface area (Å²) in [7, 11) is 0. The van der Waals surface area contributed by atoms with Crippen molar-refractivity contribution in [2.24, 2.45) is 5.92 Å². The van der Waals surface area contributed by atoms with Crippen molar-refractivity contribution in [1.29, 1.82) is 5.26 Å². The summed E-state index contributed by atoms with van der Waals surface area (Å²) in [6.07, 6.45) is 1.06. The lowest BCUT2D eigenvalue weighted by atomic mass is 9.71. The molecule has 1 N–H and O–H groups in total. The maximum atomic E-state index is 9.01. The Morgan fingerprint density at radius 3 is 2.78 bits per heavy atom. The minimum absolute atomic E-state index is 0.0607. The molecule has 0 amide bonds. The number of nitriles is 1. The number of fused-ring (bicyclic) bond motifs is 3. The second kappa shape index (κ2) is 5.26. The van der Waals surface area contributed by atoms with Gasteiger partial charge in [0.1, 0.15) is 0 Å². The van der Waals surface area contributed by atoms with Crippen molar-refractivity contribution in [3.63, 3.8) is 0 Å². The number of hydrogen-bond donors (Lipinski definition) is 1. The standard InChI is InChI=1S/C19H17ClN2O/c1-19(13-4-2-12(11-21)3-5-13)16-8-9-23-18(16)15-10-14(20)6-7-17(15)22-19/h2-7,10,16,18,22H,8-9H2,1H3/t16-,18+,19-/m1/s1. The predicted molar refractivity (Wildman–Crippen MR) is 90.4 cm³/mol. The molecule has 0 saturated carbocycles. The van der Waals surface area contributed by atoms with Gasteiger partial charge >= 0.3 is 0 Å². The summed E-state index contributed by atoms with van der Waals surface area (Å²) >= 11 is 6.17. The molecule has 0 aromatic heterocycles. The van der Waals surface area contributed by atoms with Crippen molar-refractivity contribution >= 4 is 17.3 Å². The van der Waals surface area contributed by atoms with Crippen molar-refractivity contribution in [3.05, 3.63) is 64.2 Å². The van der Waals surface area contributed by atoms with Crippen LogP contribution in [-0.4, -0.2) is 6.61 Å². The van der Waals surface area contributed by atoms with Gasteiger partial charge in [0.25, 0.3) is 0 Å². The van der Waals surface area contributed by atoms with Crippen LogP contribution in [0.3, 0.4) is 0 Å². The van der Waals surface area contributed by atoms with Crippen LogP contribution in [0.2, 0.25) is 5.02 Å². The normalized spacial score (nSPS) is 28.4. The number of benzene rings is 2. The van der Waals surface area contributed by atoms with E-state index in [9.17, 15) is 0 Å². The summed E-state index contributed by atoms with van der Waals surface area (Å²) in [6.45, 7) is 2.98. The SMILES string of the molecule is C[C@]1(c2ccc(C#N)cc2)Nc2ccc(Cl)cc2[C@@H]2OCC[C@H]21. The van der Waals surface area contributed by atoms with Crippen LogP contribution in [0.15, 0.2) is 42.5 Å². The Hall–Kier alpha value is -2.02. The Morgan fingerprint density at radius 2 is 2.04 bits per heavy atom. The van der Waals surface area contributed by atoms with Crippen LogP contribution in [0.25, 0.3) is 0 Å². The summed E-state index contributed by atoms with van der Waals surface area (Å²) < 4.78 is 6.05. The number of hydrogen-bond acceptors (Lipinski definition) is 3. The molecular formula is C19H17ClN2O. The van der Waals surface area contributed by atoms with E-state index in [0.29, 0.717) is 11.5 Å². The first-order valence-electron chi connectivity index (χ1n) is 7.82. The number of nitrogens with one attached hydrogen (secondary N) is 1. The second-order valence-electron chi connectivity index (χ2n) is 6.43. The molecule has 0 aliphatic carbocycles. The number of nitrogens with zero attached hydrogens (tertiary/aromatic N) is 1. The van der Waals surface area contributed by atoms with Crippen molar-refractivity contribution < 1.29 is 4.74 Å². The quantitative estimate of drug-likeness (QED) is 0.831. The van der Waals surface area contributed by atoms with E-state index in [4.69, 9.17) is 21.6 Å². The summed E-state index contributed by atoms with van der Waals surface area (Å²) in [5.74, 6) is 0.335. The van der Waals surface area contributed by atoms with E-state index in [1.807, 2.05) is 42.5 Å². The van der Waals surface area contributed by atoms with E-state index in [1.165, 1.54) is 5.56 Å². The van der Waals surface area contributed by atoms with Crippen LogP contribution in [0.4, 0.5) is 5.69 Å². The van der Waals surface area contributed by atoms with Gasteiger partial charge in [-0.1, -0.05) is 23.7 Å². The summed E-state index contributed by atoms with van der Waals surface area (Å²) in [5.41, 5.74) is 3.85. The highest BCUT2D eigenvalue weighted by molar-refractivity contribution is 6.30. The molecular weight excluding hydrogens is 308 g/mol. The van der Waals surface area contributed by atoms with Crippen LogP contribution < -0.4 is 5.32 Å². The number of anilines is 1. The Labute approximate surface area is 140 Å². The third kappa shape index (κ3) is 2.22. The van der Waals surface area contributed by atoms with E-state index < -0.39 is 0 Å². The van der Waals surface area contributed by atoms with Crippen LogP contribution >= 0.6 is 11.6 Å². The smallest absolute Gasteiger partial charge is 0.0991 e. The molecule has 0 unspecified atom stereocenters. The molecule has 2 aliphatic heterocycles.